The average Bonchev–Trinajstić information content (AvgIpc) is 2.67. The molecule has 0 saturated carbocycles. The quantitative estimate of drug-likeness (QED) is 0.817. The van der Waals surface area contributed by atoms with Crippen LogP contribution in [-0.2, 0) is 11.2 Å². The second-order valence-corrected chi connectivity index (χ2v) is 5.69. The van der Waals surface area contributed by atoms with Crippen molar-refractivity contribution in [2.45, 2.75) is 6.42 Å². The summed E-state index contributed by atoms with van der Waals surface area (Å²) in [5.41, 5.74) is 1.65. The lowest BCUT2D eigenvalue weighted by Crippen LogP contribution is -2.41. The zero-order valence-corrected chi connectivity index (χ0v) is 13.8. The molecular formula is C17H21N5O2. The van der Waals surface area contributed by atoms with Crippen molar-refractivity contribution in [3.05, 3.63) is 48.2 Å². The minimum Gasteiger partial charge on any atom is -0.378 e. The Hall–Kier alpha value is -2.54. The van der Waals surface area contributed by atoms with E-state index in [9.17, 15) is 4.79 Å². The van der Waals surface area contributed by atoms with Crippen LogP contribution in [-0.4, -0.2) is 65.7 Å². The summed E-state index contributed by atoms with van der Waals surface area (Å²) in [4.78, 5) is 28.7. The average molecular weight is 327 g/mol. The van der Waals surface area contributed by atoms with Crippen molar-refractivity contribution >= 4 is 11.7 Å². The molecule has 1 amide bonds. The highest BCUT2D eigenvalue weighted by molar-refractivity contribution is 5.93. The fraction of sp³-hybridized carbons (Fsp3) is 0.412. The van der Waals surface area contributed by atoms with Gasteiger partial charge in [-0.25, -0.2) is 9.97 Å². The topological polar surface area (TPSA) is 71.5 Å². The van der Waals surface area contributed by atoms with Crippen LogP contribution >= 0.6 is 0 Å². The van der Waals surface area contributed by atoms with Crippen LogP contribution in [0.4, 0.5) is 5.82 Å². The molecule has 0 bridgehead atoms. The van der Waals surface area contributed by atoms with E-state index in [4.69, 9.17) is 4.74 Å². The fourth-order valence-electron chi connectivity index (χ4n) is 2.56. The number of ether oxygens (including phenoxy) is 1. The molecule has 0 radical (unpaired) electrons. The molecule has 0 aromatic carbocycles. The Balaban J connectivity index is 1.64. The van der Waals surface area contributed by atoms with Gasteiger partial charge in [0.25, 0.3) is 5.91 Å². The van der Waals surface area contributed by atoms with Gasteiger partial charge in [-0.3, -0.25) is 9.78 Å². The van der Waals surface area contributed by atoms with Gasteiger partial charge in [-0.15, -0.1) is 0 Å². The summed E-state index contributed by atoms with van der Waals surface area (Å²) in [6.07, 6.45) is 5.92. The van der Waals surface area contributed by atoms with E-state index in [1.807, 2.05) is 24.1 Å². The first kappa shape index (κ1) is 16.3. The van der Waals surface area contributed by atoms with Gasteiger partial charge in [-0.1, -0.05) is 0 Å². The van der Waals surface area contributed by atoms with Gasteiger partial charge >= 0.3 is 0 Å². The van der Waals surface area contributed by atoms with Crippen LogP contribution in [0, 0.1) is 0 Å². The lowest BCUT2D eigenvalue weighted by Gasteiger charge is -2.26. The molecule has 7 nitrogen and oxygen atoms in total. The summed E-state index contributed by atoms with van der Waals surface area (Å²) < 4.78 is 5.28. The lowest BCUT2D eigenvalue weighted by molar-refractivity contribution is 0.0299. The van der Waals surface area contributed by atoms with Crippen molar-refractivity contribution < 1.29 is 9.53 Å². The fourth-order valence-corrected chi connectivity index (χ4v) is 2.56. The number of pyridine rings is 1. The van der Waals surface area contributed by atoms with Gasteiger partial charge < -0.3 is 14.5 Å². The number of hydrogen-bond donors (Lipinski definition) is 0. The summed E-state index contributed by atoms with van der Waals surface area (Å²) >= 11 is 0. The van der Waals surface area contributed by atoms with Crippen molar-refractivity contribution in [1.29, 1.82) is 0 Å². The van der Waals surface area contributed by atoms with Crippen LogP contribution in [0.2, 0.25) is 0 Å². The summed E-state index contributed by atoms with van der Waals surface area (Å²) in [5, 5.41) is 0. The number of carbonyl (C=O) groups excluding carboxylic acids is 1. The monoisotopic (exact) mass is 327 g/mol. The smallest absolute Gasteiger partial charge is 0.272 e. The Morgan fingerprint density at radius 2 is 2.00 bits per heavy atom. The maximum atomic E-state index is 12.5. The molecule has 0 N–H and O–H groups in total. The molecule has 3 heterocycles. The summed E-state index contributed by atoms with van der Waals surface area (Å²) in [6.45, 7) is 3.17. The molecule has 126 valence electrons. The van der Waals surface area contributed by atoms with Crippen molar-refractivity contribution in [3.8, 4) is 0 Å². The van der Waals surface area contributed by atoms with E-state index in [0.717, 1.165) is 18.8 Å². The number of nitrogens with zero attached hydrogens (tertiary/aromatic N) is 5. The molecule has 1 aliphatic heterocycles. The largest absolute Gasteiger partial charge is 0.378 e. The Labute approximate surface area is 141 Å². The highest BCUT2D eigenvalue weighted by Crippen LogP contribution is 2.13. The van der Waals surface area contributed by atoms with Gasteiger partial charge in [-0.05, 0) is 24.1 Å². The van der Waals surface area contributed by atoms with E-state index in [2.05, 4.69) is 15.0 Å². The first-order chi connectivity index (χ1) is 11.7. The summed E-state index contributed by atoms with van der Waals surface area (Å²) in [7, 11) is 1.96. The molecule has 0 atom stereocenters. The van der Waals surface area contributed by atoms with Gasteiger partial charge in [0.15, 0.2) is 0 Å². The van der Waals surface area contributed by atoms with E-state index in [0.29, 0.717) is 32.0 Å². The molecular weight excluding hydrogens is 306 g/mol. The highest BCUT2D eigenvalue weighted by atomic mass is 16.5. The Bertz CT molecular complexity index is 674. The molecule has 3 rings (SSSR count). The molecule has 7 heteroatoms. The minimum atomic E-state index is -0.0653. The molecule has 0 unspecified atom stereocenters. The van der Waals surface area contributed by atoms with Crippen molar-refractivity contribution in [1.82, 2.24) is 19.9 Å². The molecule has 2 aromatic rings. The van der Waals surface area contributed by atoms with Gasteiger partial charge in [0.1, 0.15) is 17.8 Å². The Morgan fingerprint density at radius 1 is 1.25 bits per heavy atom. The Kier molecular flexibility index (Phi) is 5.32. The maximum absolute atomic E-state index is 12.5. The summed E-state index contributed by atoms with van der Waals surface area (Å²) in [6, 6.07) is 5.76. The zero-order valence-electron chi connectivity index (χ0n) is 13.8. The van der Waals surface area contributed by atoms with Crippen LogP contribution in [0.5, 0.6) is 0 Å². The lowest BCUT2D eigenvalue weighted by atomic mass is 10.2. The third kappa shape index (κ3) is 4.05. The molecule has 0 aliphatic carbocycles. The van der Waals surface area contributed by atoms with Crippen LogP contribution in [0.3, 0.4) is 0 Å². The molecule has 1 aliphatic rings. The first-order valence-electron chi connectivity index (χ1n) is 8.03. The normalized spacial score (nSPS) is 14.5. The molecule has 1 fully saturated rings. The number of aromatic nitrogens is 3. The molecule has 24 heavy (non-hydrogen) atoms. The second-order valence-electron chi connectivity index (χ2n) is 5.69. The molecule has 2 aromatic heterocycles. The van der Waals surface area contributed by atoms with Gasteiger partial charge in [0, 0.05) is 45.1 Å². The van der Waals surface area contributed by atoms with E-state index < -0.39 is 0 Å². The predicted molar refractivity (Wildman–Crippen MR) is 90.0 cm³/mol. The minimum absolute atomic E-state index is 0.0653. The highest BCUT2D eigenvalue weighted by Gasteiger charge is 2.20. The third-order valence-electron chi connectivity index (χ3n) is 4.05. The number of carbonyl (C=O) groups is 1. The van der Waals surface area contributed by atoms with Gasteiger partial charge in [0.2, 0.25) is 0 Å². The number of morpholine rings is 1. The van der Waals surface area contributed by atoms with Gasteiger partial charge in [0.05, 0.1) is 13.2 Å². The van der Waals surface area contributed by atoms with Crippen molar-refractivity contribution in [2.24, 2.45) is 0 Å². The number of anilines is 1. The Morgan fingerprint density at radius 3 is 2.75 bits per heavy atom. The van der Waals surface area contributed by atoms with Crippen molar-refractivity contribution in [2.75, 3.05) is 44.8 Å². The molecule has 0 spiro atoms. The predicted octanol–water partition coefficient (Wildman–Crippen LogP) is 1.02. The standard InChI is InChI=1S/C17H21N5O2/c1-21(7-4-14-2-5-18-6-3-14)16-12-15(19-13-20-16)17(23)22-8-10-24-11-9-22/h2-3,5-6,12-13H,4,7-11H2,1H3. The first-order valence-corrected chi connectivity index (χ1v) is 8.03. The number of likely N-dealkylation sites (N-methyl/N-ethyl adjacent to an activating group) is 1. The van der Waals surface area contributed by atoms with E-state index in [1.165, 1.54) is 11.9 Å². The number of amides is 1. The maximum Gasteiger partial charge on any atom is 0.272 e. The third-order valence-corrected chi connectivity index (χ3v) is 4.05. The van der Waals surface area contributed by atoms with E-state index in [1.54, 1.807) is 23.4 Å². The number of rotatable bonds is 5. The van der Waals surface area contributed by atoms with Crippen molar-refractivity contribution in [3.63, 3.8) is 0 Å². The van der Waals surface area contributed by atoms with Crippen LogP contribution in [0.15, 0.2) is 36.9 Å². The van der Waals surface area contributed by atoms with E-state index >= 15 is 0 Å². The van der Waals surface area contributed by atoms with Gasteiger partial charge in [-0.2, -0.15) is 0 Å². The second kappa shape index (κ2) is 7.83. The van der Waals surface area contributed by atoms with Crippen LogP contribution < -0.4 is 4.90 Å². The zero-order chi connectivity index (χ0) is 16.8. The van der Waals surface area contributed by atoms with Crippen LogP contribution in [0.1, 0.15) is 16.1 Å². The molecule has 1 saturated heterocycles. The van der Waals surface area contributed by atoms with E-state index in [-0.39, 0.29) is 5.91 Å². The SMILES string of the molecule is CN(CCc1ccncc1)c1cc(C(=O)N2CCOCC2)ncn1. The number of hydrogen-bond acceptors (Lipinski definition) is 6. The van der Waals surface area contributed by atoms with Crippen LogP contribution in [0.25, 0.3) is 0 Å². The summed E-state index contributed by atoms with van der Waals surface area (Å²) in [5.74, 6) is 0.681.